The maximum Gasteiger partial charge on any atom is 0.337 e. The molecule has 2 aromatic rings. The molecule has 0 heterocycles. The zero-order chi connectivity index (χ0) is 17.5. The molecule has 0 radical (unpaired) electrons. The quantitative estimate of drug-likeness (QED) is 0.788. The molecule has 2 rings (SSSR count). The number of esters is 1. The summed E-state index contributed by atoms with van der Waals surface area (Å²) in [6.07, 6.45) is 0. The van der Waals surface area contributed by atoms with Gasteiger partial charge >= 0.3 is 5.97 Å². The first-order valence-corrected chi connectivity index (χ1v) is 7.81. The van der Waals surface area contributed by atoms with Crippen LogP contribution in [-0.2, 0) is 16.1 Å². The minimum absolute atomic E-state index is 0.0518. The third-order valence-corrected chi connectivity index (χ3v) is 3.77. The smallest absolute Gasteiger partial charge is 0.337 e. The maximum atomic E-state index is 11.9. The van der Waals surface area contributed by atoms with E-state index in [9.17, 15) is 9.59 Å². The minimum Gasteiger partial charge on any atom is -0.465 e. The lowest BCUT2D eigenvalue weighted by Crippen LogP contribution is -2.29. The summed E-state index contributed by atoms with van der Waals surface area (Å²) in [6.45, 7) is 2.52. The number of amides is 1. The van der Waals surface area contributed by atoms with Gasteiger partial charge in [0.15, 0.2) is 0 Å². The van der Waals surface area contributed by atoms with Crippen molar-refractivity contribution >= 4 is 29.2 Å². The Hall–Kier alpha value is -2.53. The molecular formula is C18H19ClN2O3. The largest absolute Gasteiger partial charge is 0.465 e. The number of aryl methyl sites for hydroxylation is 1. The molecule has 0 atom stereocenters. The van der Waals surface area contributed by atoms with Crippen LogP contribution in [0.2, 0.25) is 5.02 Å². The molecule has 6 heteroatoms. The Morgan fingerprint density at radius 3 is 2.50 bits per heavy atom. The number of hydrogen-bond donors (Lipinski definition) is 2. The van der Waals surface area contributed by atoms with Crippen LogP contribution in [0, 0.1) is 6.92 Å². The van der Waals surface area contributed by atoms with Crippen LogP contribution in [0.4, 0.5) is 5.69 Å². The van der Waals surface area contributed by atoms with Gasteiger partial charge in [-0.15, -0.1) is 0 Å². The van der Waals surface area contributed by atoms with Crippen LogP contribution >= 0.6 is 11.6 Å². The molecule has 1 amide bonds. The van der Waals surface area contributed by atoms with E-state index in [-0.39, 0.29) is 12.5 Å². The number of nitrogens with one attached hydrogen (secondary N) is 2. The Morgan fingerprint density at radius 2 is 1.83 bits per heavy atom. The highest BCUT2D eigenvalue weighted by Crippen LogP contribution is 2.23. The van der Waals surface area contributed by atoms with Gasteiger partial charge in [-0.05, 0) is 30.7 Å². The third kappa shape index (κ3) is 4.99. The number of benzene rings is 2. The summed E-state index contributed by atoms with van der Waals surface area (Å²) < 4.78 is 4.66. The topological polar surface area (TPSA) is 67.4 Å². The van der Waals surface area contributed by atoms with E-state index in [0.717, 1.165) is 5.56 Å². The molecular weight excluding hydrogens is 328 g/mol. The summed E-state index contributed by atoms with van der Waals surface area (Å²) in [5.74, 6) is -0.631. The van der Waals surface area contributed by atoms with Gasteiger partial charge in [-0.2, -0.15) is 0 Å². The lowest BCUT2D eigenvalue weighted by atomic mass is 10.1. The molecule has 0 saturated carbocycles. The highest BCUT2D eigenvalue weighted by Gasteiger charge is 2.10. The molecule has 24 heavy (non-hydrogen) atoms. The fraction of sp³-hybridized carbons (Fsp3) is 0.222. The number of anilines is 1. The van der Waals surface area contributed by atoms with Gasteiger partial charge < -0.3 is 15.4 Å². The molecule has 0 aliphatic heterocycles. The number of methoxy groups -OCH3 is 1. The second-order valence-electron chi connectivity index (χ2n) is 5.30. The predicted molar refractivity (Wildman–Crippen MR) is 94.3 cm³/mol. The SMILES string of the molecule is COC(=O)c1ccc(Cl)c(NCC(=O)NCc2ccc(C)cc2)c1. The number of hydrogen-bond acceptors (Lipinski definition) is 4. The highest BCUT2D eigenvalue weighted by molar-refractivity contribution is 6.33. The second kappa shape index (κ2) is 8.36. The Morgan fingerprint density at radius 1 is 1.12 bits per heavy atom. The van der Waals surface area contributed by atoms with Crippen LogP contribution in [0.3, 0.4) is 0 Å². The molecule has 5 nitrogen and oxygen atoms in total. The number of carbonyl (C=O) groups excluding carboxylic acids is 2. The van der Waals surface area contributed by atoms with E-state index in [1.165, 1.54) is 12.7 Å². The van der Waals surface area contributed by atoms with Gasteiger partial charge in [0, 0.05) is 6.54 Å². The van der Waals surface area contributed by atoms with Gasteiger partial charge in [-0.1, -0.05) is 41.4 Å². The number of halogens is 1. The first-order chi connectivity index (χ1) is 11.5. The molecule has 2 N–H and O–H groups in total. The van der Waals surface area contributed by atoms with Crippen molar-refractivity contribution in [3.63, 3.8) is 0 Å². The third-order valence-electron chi connectivity index (χ3n) is 3.44. The monoisotopic (exact) mass is 346 g/mol. The van der Waals surface area contributed by atoms with Crippen molar-refractivity contribution in [2.45, 2.75) is 13.5 Å². The minimum atomic E-state index is -0.460. The summed E-state index contributed by atoms with van der Waals surface area (Å²) in [4.78, 5) is 23.5. The van der Waals surface area contributed by atoms with Gasteiger partial charge in [0.25, 0.3) is 0 Å². The summed E-state index contributed by atoms with van der Waals surface area (Å²) in [5.41, 5.74) is 3.07. The summed E-state index contributed by atoms with van der Waals surface area (Å²) >= 11 is 6.07. The lowest BCUT2D eigenvalue weighted by Gasteiger charge is -2.10. The first-order valence-electron chi connectivity index (χ1n) is 7.43. The standard InChI is InChI=1S/C18H19ClN2O3/c1-12-3-5-13(6-4-12)10-21-17(22)11-20-16-9-14(18(23)24-2)7-8-15(16)19/h3-9,20H,10-11H2,1-2H3,(H,21,22). The molecule has 0 aliphatic rings. The van der Waals surface area contributed by atoms with E-state index in [2.05, 4.69) is 15.4 Å². The normalized spacial score (nSPS) is 10.1. The fourth-order valence-corrected chi connectivity index (χ4v) is 2.23. The van der Waals surface area contributed by atoms with E-state index in [4.69, 9.17) is 11.6 Å². The van der Waals surface area contributed by atoms with Crippen LogP contribution in [0.1, 0.15) is 21.5 Å². The van der Waals surface area contributed by atoms with E-state index in [0.29, 0.717) is 22.8 Å². The molecule has 0 aliphatic carbocycles. The van der Waals surface area contributed by atoms with Crippen molar-refractivity contribution in [1.82, 2.24) is 5.32 Å². The van der Waals surface area contributed by atoms with E-state index < -0.39 is 5.97 Å². The molecule has 0 bridgehead atoms. The number of carbonyl (C=O) groups is 2. The van der Waals surface area contributed by atoms with Crippen molar-refractivity contribution in [2.75, 3.05) is 19.0 Å². The average molecular weight is 347 g/mol. The van der Waals surface area contributed by atoms with Crippen molar-refractivity contribution in [3.05, 3.63) is 64.2 Å². The predicted octanol–water partition coefficient (Wildman–Crippen LogP) is 3.16. The number of rotatable bonds is 6. The van der Waals surface area contributed by atoms with Crippen LogP contribution in [-0.4, -0.2) is 25.5 Å². The molecule has 0 fully saturated rings. The van der Waals surface area contributed by atoms with E-state index in [1.807, 2.05) is 31.2 Å². The average Bonchev–Trinajstić information content (AvgIpc) is 2.59. The molecule has 0 saturated heterocycles. The second-order valence-corrected chi connectivity index (χ2v) is 5.71. The molecule has 0 unspecified atom stereocenters. The van der Waals surface area contributed by atoms with Crippen molar-refractivity contribution in [2.24, 2.45) is 0 Å². The van der Waals surface area contributed by atoms with Gasteiger partial charge in [0.2, 0.25) is 5.91 Å². The summed E-state index contributed by atoms with van der Waals surface area (Å²) in [5, 5.41) is 6.17. The van der Waals surface area contributed by atoms with Gasteiger partial charge in [-0.3, -0.25) is 4.79 Å². The van der Waals surface area contributed by atoms with Crippen LogP contribution in [0.5, 0.6) is 0 Å². The van der Waals surface area contributed by atoms with Gasteiger partial charge in [-0.25, -0.2) is 4.79 Å². The lowest BCUT2D eigenvalue weighted by molar-refractivity contribution is -0.119. The zero-order valence-electron chi connectivity index (χ0n) is 13.6. The number of ether oxygens (including phenoxy) is 1. The molecule has 0 spiro atoms. The first kappa shape index (κ1) is 17.8. The van der Waals surface area contributed by atoms with Gasteiger partial charge in [0.1, 0.15) is 0 Å². The highest BCUT2D eigenvalue weighted by atomic mass is 35.5. The van der Waals surface area contributed by atoms with Gasteiger partial charge in [0.05, 0.1) is 29.9 Å². The van der Waals surface area contributed by atoms with Crippen molar-refractivity contribution in [3.8, 4) is 0 Å². The Kier molecular flexibility index (Phi) is 6.21. The zero-order valence-corrected chi connectivity index (χ0v) is 14.3. The van der Waals surface area contributed by atoms with Crippen LogP contribution in [0.25, 0.3) is 0 Å². The summed E-state index contributed by atoms with van der Waals surface area (Å²) in [6, 6.07) is 12.6. The van der Waals surface area contributed by atoms with Crippen molar-refractivity contribution in [1.29, 1.82) is 0 Å². The van der Waals surface area contributed by atoms with Crippen LogP contribution in [0.15, 0.2) is 42.5 Å². The Labute approximate surface area is 146 Å². The summed E-state index contributed by atoms with van der Waals surface area (Å²) in [7, 11) is 1.31. The molecule has 0 aromatic heterocycles. The molecule has 2 aromatic carbocycles. The maximum absolute atomic E-state index is 11.9. The van der Waals surface area contributed by atoms with E-state index >= 15 is 0 Å². The van der Waals surface area contributed by atoms with E-state index in [1.54, 1.807) is 18.2 Å². The van der Waals surface area contributed by atoms with Crippen LogP contribution < -0.4 is 10.6 Å². The van der Waals surface area contributed by atoms with Crippen molar-refractivity contribution < 1.29 is 14.3 Å². The Balaban J connectivity index is 1.89. The fourth-order valence-electron chi connectivity index (χ4n) is 2.05. The Bertz CT molecular complexity index is 730. The molecule has 126 valence electrons.